The number of nitrogens with zero attached hydrogens (tertiary/aromatic N) is 1. The van der Waals surface area contributed by atoms with Gasteiger partial charge < -0.3 is 15.3 Å². The molecule has 4 nitrogen and oxygen atoms in total. The average molecular weight is 270 g/mol. The van der Waals surface area contributed by atoms with E-state index in [4.69, 9.17) is 0 Å². The van der Waals surface area contributed by atoms with Gasteiger partial charge in [0.1, 0.15) is 5.75 Å². The molecule has 0 aliphatic rings. The van der Waals surface area contributed by atoms with Gasteiger partial charge in [-0.15, -0.1) is 0 Å². The van der Waals surface area contributed by atoms with E-state index in [1.807, 2.05) is 36.4 Å². The van der Waals surface area contributed by atoms with Gasteiger partial charge in [-0.1, -0.05) is 24.3 Å². The molecule has 0 unspecified atom stereocenters. The van der Waals surface area contributed by atoms with Crippen LogP contribution in [0.4, 0.5) is 5.69 Å². The highest BCUT2D eigenvalue weighted by Crippen LogP contribution is 2.18. The summed E-state index contributed by atoms with van der Waals surface area (Å²) in [5, 5.41) is 12.3. The smallest absolute Gasteiger partial charge is 0.255 e. The van der Waals surface area contributed by atoms with Crippen molar-refractivity contribution < 1.29 is 9.90 Å². The second-order valence-corrected chi connectivity index (χ2v) is 4.62. The summed E-state index contributed by atoms with van der Waals surface area (Å²) in [6.07, 6.45) is 0. The standard InChI is InChI=1S/C16H18N2O2/c1-17-15-6-4-3-5-14(15)16(20)18(2)11-12-7-9-13(19)10-8-12/h3-10,17,19H,11H2,1-2H3. The summed E-state index contributed by atoms with van der Waals surface area (Å²) >= 11 is 0. The molecule has 20 heavy (non-hydrogen) atoms. The number of benzene rings is 2. The molecular weight excluding hydrogens is 252 g/mol. The van der Waals surface area contributed by atoms with E-state index in [0.717, 1.165) is 11.3 Å². The number of phenolic OH excluding ortho intramolecular Hbond substituents is 1. The number of anilines is 1. The fraction of sp³-hybridized carbons (Fsp3) is 0.188. The molecule has 0 saturated heterocycles. The van der Waals surface area contributed by atoms with Crippen LogP contribution in [0.3, 0.4) is 0 Å². The second-order valence-electron chi connectivity index (χ2n) is 4.62. The maximum Gasteiger partial charge on any atom is 0.255 e. The number of aromatic hydroxyl groups is 1. The molecule has 104 valence electrons. The van der Waals surface area contributed by atoms with Gasteiger partial charge in [0.25, 0.3) is 5.91 Å². The van der Waals surface area contributed by atoms with Crippen LogP contribution >= 0.6 is 0 Å². The Hall–Kier alpha value is -2.49. The van der Waals surface area contributed by atoms with Gasteiger partial charge in [-0.25, -0.2) is 0 Å². The van der Waals surface area contributed by atoms with Gasteiger partial charge in [-0.05, 0) is 29.8 Å². The largest absolute Gasteiger partial charge is 0.508 e. The van der Waals surface area contributed by atoms with Gasteiger partial charge in [-0.2, -0.15) is 0 Å². The molecule has 0 fully saturated rings. The van der Waals surface area contributed by atoms with Crippen molar-refractivity contribution in [3.05, 3.63) is 59.7 Å². The first-order valence-electron chi connectivity index (χ1n) is 6.42. The number of carbonyl (C=O) groups is 1. The molecule has 0 radical (unpaired) electrons. The van der Waals surface area contributed by atoms with Crippen LogP contribution < -0.4 is 5.32 Å². The van der Waals surface area contributed by atoms with Crippen molar-refractivity contribution in [1.29, 1.82) is 0 Å². The van der Waals surface area contributed by atoms with Gasteiger partial charge >= 0.3 is 0 Å². The summed E-state index contributed by atoms with van der Waals surface area (Å²) in [5.41, 5.74) is 2.44. The van der Waals surface area contributed by atoms with E-state index in [0.29, 0.717) is 12.1 Å². The first kappa shape index (κ1) is 13.9. The molecule has 0 saturated carbocycles. The van der Waals surface area contributed by atoms with Crippen molar-refractivity contribution in [2.24, 2.45) is 0 Å². The Kier molecular flexibility index (Phi) is 4.25. The SMILES string of the molecule is CNc1ccccc1C(=O)N(C)Cc1ccc(O)cc1. The Morgan fingerprint density at radius 3 is 2.45 bits per heavy atom. The van der Waals surface area contributed by atoms with E-state index in [9.17, 15) is 9.90 Å². The number of hydrogen-bond donors (Lipinski definition) is 2. The van der Waals surface area contributed by atoms with Crippen LogP contribution in [0.25, 0.3) is 0 Å². The number of nitrogens with one attached hydrogen (secondary N) is 1. The first-order chi connectivity index (χ1) is 9.61. The highest BCUT2D eigenvalue weighted by Gasteiger charge is 2.15. The van der Waals surface area contributed by atoms with Crippen LogP contribution in [-0.4, -0.2) is 30.0 Å². The molecule has 2 rings (SSSR count). The monoisotopic (exact) mass is 270 g/mol. The van der Waals surface area contributed by atoms with Gasteiger partial charge in [0.05, 0.1) is 5.56 Å². The van der Waals surface area contributed by atoms with Gasteiger partial charge in [-0.3, -0.25) is 4.79 Å². The van der Waals surface area contributed by atoms with E-state index in [1.54, 1.807) is 31.1 Å². The van der Waals surface area contributed by atoms with Crippen molar-refractivity contribution in [2.75, 3.05) is 19.4 Å². The topological polar surface area (TPSA) is 52.6 Å². The summed E-state index contributed by atoms with van der Waals surface area (Å²) in [5.74, 6) is 0.186. The predicted molar refractivity (Wildman–Crippen MR) is 79.9 cm³/mol. The van der Waals surface area contributed by atoms with Crippen LogP contribution in [-0.2, 0) is 6.54 Å². The number of para-hydroxylation sites is 1. The van der Waals surface area contributed by atoms with Gasteiger partial charge in [0.15, 0.2) is 0 Å². The van der Waals surface area contributed by atoms with E-state index in [-0.39, 0.29) is 11.7 Å². The normalized spacial score (nSPS) is 10.1. The summed E-state index contributed by atoms with van der Waals surface area (Å²) in [4.78, 5) is 14.1. The molecule has 0 spiro atoms. The third-order valence-electron chi connectivity index (χ3n) is 3.13. The lowest BCUT2D eigenvalue weighted by atomic mass is 10.1. The maximum atomic E-state index is 12.4. The zero-order chi connectivity index (χ0) is 14.5. The van der Waals surface area contributed by atoms with Crippen molar-refractivity contribution >= 4 is 11.6 Å². The Balaban J connectivity index is 2.14. The zero-order valence-electron chi connectivity index (χ0n) is 11.6. The third kappa shape index (κ3) is 3.09. The quantitative estimate of drug-likeness (QED) is 0.898. The highest BCUT2D eigenvalue weighted by atomic mass is 16.3. The molecule has 1 amide bonds. The molecule has 0 aliphatic carbocycles. The average Bonchev–Trinajstić information content (AvgIpc) is 2.48. The Morgan fingerprint density at radius 2 is 1.80 bits per heavy atom. The van der Waals surface area contributed by atoms with Crippen LogP contribution in [0.15, 0.2) is 48.5 Å². The van der Waals surface area contributed by atoms with Crippen LogP contribution in [0.2, 0.25) is 0 Å². The minimum atomic E-state index is -0.0389. The van der Waals surface area contributed by atoms with Crippen LogP contribution in [0.1, 0.15) is 15.9 Å². The van der Waals surface area contributed by atoms with Crippen molar-refractivity contribution in [1.82, 2.24) is 4.90 Å². The van der Waals surface area contributed by atoms with E-state index in [2.05, 4.69) is 5.32 Å². The predicted octanol–water partition coefficient (Wildman–Crippen LogP) is 2.71. The third-order valence-corrected chi connectivity index (χ3v) is 3.13. The molecule has 0 heterocycles. The number of amides is 1. The number of rotatable bonds is 4. The lowest BCUT2D eigenvalue weighted by molar-refractivity contribution is 0.0786. The molecule has 2 aromatic rings. The Morgan fingerprint density at radius 1 is 1.15 bits per heavy atom. The van der Waals surface area contributed by atoms with E-state index >= 15 is 0 Å². The van der Waals surface area contributed by atoms with Crippen LogP contribution in [0, 0.1) is 0 Å². The van der Waals surface area contributed by atoms with Crippen molar-refractivity contribution in [3.8, 4) is 5.75 Å². The summed E-state index contributed by atoms with van der Waals surface area (Å²) in [6, 6.07) is 14.3. The Labute approximate surface area is 118 Å². The van der Waals surface area contributed by atoms with Gasteiger partial charge in [0.2, 0.25) is 0 Å². The molecule has 4 heteroatoms. The number of hydrogen-bond acceptors (Lipinski definition) is 3. The molecule has 2 aromatic carbocycles. The molecule has 0 aromatic heterocycles. The van der Waals surface area contributed by atoms with Crippen molar-refractivity contribution in [2.45, 2.75) is 6.54 Å². The zero-order valence-corrected chi connectivity index (χ0v) is 11.6. The summed E-state index contributed by atoms with van der Waals surface area (Å²) in [7, 11) is 3.56. The number of phenols is 1. The summed E-state index contributed by atoms with van der Waals surface area (Å²) < 4.78 is 0. The van der Waals surface area contributed by atoms with Crippen molar-refractivity contribution in [3.63, 3.8) is 0 Å². The minimum absolute atomic E-state index is 0.0389. The van der Waals surface area contributed by atoms with E-state index < -0.39 is 0 Å². The highest BCUT2D eigenvalue weighted by molar-refractivity contribution is 5.99. The molecular formula is C16H18N2O2. The second kappa shape index (κ2) is 6.10. The lowest BCUT2D eigenvalue weighted by Crippen LogP contribution is -2.26. The number of carbonyl (C=O) groups excluding carboxylic acids is 1. The van der Waals surface area contributed by atoms with E-state index in [1.165, 1.54) is 0 Å². The first-order valence-corrected chi connectivity index (χ1v) is 6.42. The fourth-order valence-corrected chi connectivity index (χ4v) is 2.04. The molecule has 0 bridgehead atoms. The fourth-order valence-electron chi connectivity index (χ4n) is 2.04. The maximum absolute atomic E-state index is 12.4. The van der Waals surface area contributed by atoms with Crippen LogP contribution in [0.5, 0.6) is 5.75 Å². The minimum Gasteiger partial charge on any atom is -0.508 e. The van der Waals surface area contributed by atoms with Gasteiger partial charge in [0, 0.05) is 26.3 Å². The Bertz CT molecular complexity index is 594. The molecule has 0 aliphatic heterocycles. The molecule has 2 N–H and O–H groups in total. The summed E-state index contributed by atoms with van der Waals surface area (Å²) in [6.45, 7) is 0.497. The molecule has 0 atom stereocenters. The lowest BCUT2D eigenvalue weighted by Gasteiger charge is -2.19.